The second kappa shape index (κ2) is 6.37. The summed E-state index contributed by atoms with van der Waals surface area (Å²) in [6.07, 6.45) is 3.85. The van der Waals surface area contributed by atoms with E-state index in [1.807, 2.05) is 0 Å². The Morgan fingerprint density at radius 3 is 2.71 bits per heavy atom. The average Bonchev–Trinajstić information content (AvgIpc) is 2.64. The third-order valence-electron chi connectivity index (χ3n) is 2.19. The minimum atomic E-state index is -3.73. The summed E-state index contributed by atoms with van der Waals surface area (Å²) < 4.78 is 29.0. The van der Waals surface area contributed by atoms with Crippen LogP contribution >= 0.6 is 10.7 Å². The number of aromatic nitrogens is 2. The van der Waals surface area contributed by atoms with Crippen LogP contribution in [0.15, 0.2) is 17.6 Å². The molecule has 1 aromatic heterocycles. The van der Waals surface area contributed by atoms with Gasteiger partial charge in [0.25, 0.3) is 9.05 Å². The summed E-state index contributed by atoms with van der Waals surface area (Å²) >= 11 is 0. The molecule has 0 atom stereocenters. The molecule has 0 N–H and O–H groups in total. The topological polar surface area (TPSA) is 61.2 Å². The summed E-state index contributed by atoms with van der Waals surface area (Å²) in [6.45, 7) is 6.09. The zero-order valence-corrected chi connectivity index (χ0v) is 11.5. The molecule has 0 aliphatic carbocycles. The number of halogens is 1. The number of hydrogen-bond donors (Lipinski definition) is 0. The highest BCUT2D eigenvalue weighted by Crippen LogP contribution is 2.11. The van der Waals surface area contributed by atoms with Gasteiger partial charge >= 0.3 is 0 Å². The second-order valence-electron chi connectivity index (χ2n) is 4.18. The van der Waals surface area contributed by atoms with Gasteiger partial charge in [-0.1, -0.05) is 13.8 Å². The van der Waals surface area contributed by atoms with Gasteiger partial charge in [0.2, 0.25) is 0 Å². The van der Waals surface area contributed by atoms with Crippen LogP contribution in [0.4, 0.5) is 0 Å². The van der Waals surface area contributed by atoms with Crippen molar-refractivity contribution in [2.45, 2.75) is 31.8 Å². The van der Waals surface area contributed by atoms with Crippen molar-refractivity contribution in [3.05, 3.63) is 12.5 Å². The van der Waals surface area contributed by atoms with Crippen molar-refractivity contribution < 1.29 is 13.2 Å². The molecule has 0 bridgehead atoms. The highest BCUT2D eigenvalue weighted by molar-refractivity contribution is 8.13. The van der Waals surface area contributed by atoms with Crippen molar-refractivity contribution >= 4 is 19.7 Å². The summed E-state index contributed by atoms with van der Waals surface area (Å²) in [5.41, 5.74) is 0. The Balaban J connectivity index is 2.31. The molecular weight excluding hydrogens is 264 g/mol. The van der Waals surface area contributed by atoms with Crippen molar-refractivity contribution in [3.63, 3.8) is 0 Å². The van der Waals surface area contributed by atoms with E-state index in [9.17, 15) is 8.42 Å². The lowest BCUT2D eigenvalue weighted by Crippen LogP contribution is -2.06. The first-order valence-electron chi connectivity index (χ1n) is 5.44. The van der Waals surface area contributed by atoms with Crippen LogP contribution in [0, 0.1) is 5.92 Å². The van der Waals surface area contributed by atoms with Gasteiger partial charge < -0.3 is 9.30 Å². The van der Waals surface area contributed by atoms with E-state index in [0.29, 0.717) is 25.7 Å². The molecule has 1 rings (SSSR count). The van der Waals surface area contributed by atoms with E-state index in [1.54, 1.807) is 4.57 Å². The predicted octanol–water partition coefficient (Wildman–Crippen LogP) is 1.87. The SMILES string of the molecule is CC(C)CCOCCn1cnc(S(=O)(=O)Cl)c1. The number of nitrogens with zero attached hydrogens (tertiary/aromatic N) is 2. The van der Waals surface area contributed by atoms with Gasteiger partial charge in [-0.3, -0.25) is 0 Å². The highest BCUT2D eigenvalue weighted by atomic mass is 35.7. The van der Waals surface area contributed by atoms with Gasteiger partial charge in [-0.15, -0.1) is 0 Å². The maximum absolute atomic E-state index is 11.0. The lowest BCUT2D eigenvalue weighted by molar-refractivity contribution is 0.116. The Bertz CT molecular complexity index is 442. The Morgan fingerprint density at radius 2 is 2.18 bits per heavy atom. The van der Waals surface area contributed by atoms with Crippen molar-refractivity contribution in [1.82, 2.24) is 9.55 Å². The van der Waals surface area contributed by atoms with Gasteiger partial charge in [-0.05, 0) is 12.3 Å². The smallest absolute Gasteiger partial charge is 0.280 e. The fourth-order valence-corrected chi connectivity index (χ4v) is 1.85. The predicted molar refractivity (Wildman–Crippen MR) is 65.5 cm³/mol. The Labute approximate surface area is 106 Å². The molecule has 98 valence electrons. The minimum Gasteiger partial charge on any atom is -0.380 e. The van der Waals surface area contributed by atoms with Crippen LogP contribution in [0.1, 0.15) is 20.3 Å². The summed E-state index contributed by atoms with van der Waals surface area (Å²) in [5, 5.41) is -0.124. The van der Waals surface area contributed by atoms with Gasteiger partial charge in [0.05, 0.1) is 12.9 Å². The molecule has 0 unspecified atom stereocenters. The summed E-state index contributed by atoms with van der Waals surface area (Å²) in [5.74, 6) is 0.622. The third-order valence-corrected chi connectivity index (χ3v) is 3.38. The van der Waals surface area contributed by atoms with E-state index < -0.39 is 9.05 Å². The van der Waals surface area contributed by atoms with Gasteiger partial charge in [-0.25, -0.2) is 13.4 Å². The molecule has 0 radical (unpaired) electrons. The first kappa shape index (κ1) is 14.5. The third kappa shape index (κ3) is 5.52. The summed E-state index contributed by atoms with van der Waals surface area (Å²) in [6, 6.07) is 0. The quantitative estimate of drug-likeness (QED) is 0.565. The Morgan fingerprint density at radius 1 is 1.47 bits per heavy atom. The minimum absolute atomic E-state index is 0.124. The molecule has 7 heteroatoms. The Kier molecular flexibility index (Phi) is 5.42. The summed E-state index contributed by atoms with van der Waals surface area (Å²) in [7, 11) is 1.43. The molecule has 1 aromatic rings. The molecule has 0 saturated carbocycles. The van der Waals surface area contributed by atoms with Crippen LogP contribution in [0.3, 0.4) is 0 Å². The van der Waals surface area contributed by atoms with Crippen molar-refractivity contribution in [2.75, 3.05) is 13.2 Å². The first-order valence-corrected chi connectivity index (χ1v) is 7.74. The molecule has 5 nitrogen and oxygen atoms in total. The molecule has 17 heavy (non-hydrogen) atoms. The summed E-state index contributed by atoms with van der Waals surface area (Å²) in [4.78, 5) is 3.70. The maximum Gasteiger partial charge on any atom is 0.280 e. The molecule has 0 aliphatic rings. The largest absolute Gasteiger partial charge is 0.380 e. The Hall–Kier alpha value is -0.590. The van der Waals surface area contributed by atoms with E-state index in [-0.39, 0.29) is 5.03 Å². The van der Waals surface area contributed by atoms with Gasteiger partial charge in [-0.2, -0.15) is 0 Å². The molecule has 0 amide bonds. The standard InChI is InChI=1S/C10H17ClN2O3S/c1-9(2)3-5-16-6-4-13-7-10(12-8-13)17(11,14)15/h7-9H,3-6H2,1-2H3. The van der Waals surface area contributed by atoms with Crippen molar-refractivity contribution in [2.24, 2.45) is 5.92 Å². The van der Waals surface area contributed by atoms with E-state index in [0.717, 1.165) is 6.42 Å². The van der Waals surface area contributed by atoms with Crippen LogP contribution in [0.25, 0.3) is 0 Å². The van der Waals surface area contributed by atoms with Gasteiger partial charge in [0.15, 0.2) is 5.03 Å². The van der Waals surface area contributed by atoms with E-state index in [4.69, 9.17) is 15.4 Å². The number of ether oxygens (including phenoxy) is 1. The van der Waals surface area contributed by atoms with Crippen LogP contribution in [-0.2, 0) is 20.3 Å². The molecule has 0 spiro atoms. The van der Waals surface area contributed by atoms with E-state index >= 15 is 0 Å². The molecule has 0 saturated heterocycles. The number of hydrogen-bond acceptors (Lipinski definition) is 4. The average molecular weight is 281 g/mol. The van der Waals surface area contributed by atoms with E-state index in [1.165, 1.54) is 12.5 Å². The fourth-order valence-electron chi connectivity index (χ4n) is 1.18. The van der Waals surface area contributed by atoms with Crippen LogP contribution in [0.5, 0.6) is 0 Å². The maximum atomic E-state index is 11.0. The first-order chi connectivity index (χ1) is 7.89. The fraction of sp³-hybridized carbons (Fsp3) is 0.700. The zero-order valence-electron chi connectivity index (χ0n) is 9.97. The highest BCUT2D eigenvalue weighted by Gasteiger charge is 2.12. The van der Waals surface area contributed by atoms with Gasteiger partial charge in [0, 0.05) is 30.0 Å². The molecule has 0 fully saturated rings. The van der Waals surface area contributed by atoms with Crippen molar-refractivity contribution in [1.29, 1.82) is 0 Å². The normalized spacial score (nSPS) is 12.2. The van der Waals surface area contributed by atoms with Gasteiger partial charge in [0.1, 0.15) is 0 Å². The number of rotatable bonds is 7. The van der Waals surface area contributed by atoms with Crippen LogP contribution in [0.2, 0.25) is 0 Å². The molecule has 1 heterocycles. The zero-order chi connectivity index (χ0) is 12.9. The van der Waals surface area contributed by atoms with Crippen LogP contribution in [-0.4, -0.2) is 31.2 Å². The molecular formula is C10H17ClN2O3S. The number of imidazole rings is 1. The molecule has 0 aromatic carbocycles. The van der Waals surface area contributed by atoms with E-state index in [2.05, 4.69) is 18.8 Å². The van der Waals surface area contributed by atoms with Crippen molar-refractivity contribution in [3.8, 4) is 0 Å². The monoisotopic (exact) mass is 280 g/mol. The molecule has 0 aliphatic heterocycles. The lowest BCUT2D eigenvalue weighted by atomic mass is 10.1. The van der Waals surface area contributed by atoms with Crippen LogP contribution < -0.4 is 0 Å². The lowest BCUT2D eigenvalue weighted by Gasteiger charge is -2.06. The second-order valence-corrected chi connectivity index (χ2v) is 6.70.